The zero-order valence-electron chi connectivity index (χ0n) is 11.6. The molecule has 1 atom stereocenters. The smallest absolute Gasteiger partial charge is 0.141 e. The Balaban J connectivity index is 2.21. The summed E-state index contributed by atoms with van der Waals surface area (Å²) in [6, 6.07) is 9.65. The molecular weight excluding hydrogens is 239 g/mol. The topological polar surface area (TPSA) is 24.9 Å². The van der Waals surface area contributed by atoms with Crippen molar-refractivity contribution in [3.8, 4) is 0 Å². The molecule has 0 saturated carbocycles. The van der Waals surface area contributed by atoms with Gasteiger partial charge in [0.05, 0.1) is 17.9 Å². The van der Waals surface area contributed by atoms with Crippen molar-refractivity contribution in [1.29, 1.82) is 0 Å². The fraction of sp³-hybridized carbons (Fsp3) is 0.312. The van der Waals surface area contributed by atoms with Gasteiger partial charge in [0.25, 0.3) is 0 Å². The van der Waals surface area contributed by atoms with Gasteiger partial charge < -0.3 is 5.32 Å². The first-order valence-electron chi connectivity index (χ1n) is 6.54. The van der Waals surface area contributed by atoms with Crippen molar-refractivity contribution in [3.63, 3.8) is 0 Å². The summed E-state index contributed by atoms with van der Waals surface area (Å²) >= 11 is 0. The number of nitrogens with zero attached hydrogens (tertiary/aromatic N) is 1. The molecule has 2 aromatic rings. The molecule has 0 aliphatic heterocycles. The number of hydrogen-bond donors (Lipinski definition) is 1. The Bertz CT molecular complexity index is 529. The van der Waals surface area contributed by atoms with Crippen LogP contribution in [0.1, 0.15) is 36.2 Å². The summed E-state index contributed by atoms with van der Waals surface area (Å²) in [6.07, 6.45) is 2.16. The fourth-order valence-corrected chi connectivity index (χ4v) is 2.24. The maximum Gasteiger partial charge on any atom is 0.141 e. The van der Waals surface area contributed by atoms with Gasteiger partial charge in [-0.15, -0.1) is 0 Å². The second-order valence-electron chi connectivity index (χ2n) is 4.88. The van der Waals surface area contributed by atoms with Crippen molar-refractivity contribution in [2.45, 2.75) is 33.2 Å². The molecule has 0 bridgehead atoms. The highest BCUT2D eigenvalue weighted by Gasteiger charge is 2.11. The monoisotopic (exact) mass is 258 g/mol. The molecule has 1 heterocycles. The lowest BCUT2D eigenvalue weighted by Crippen LogP contribution is -2.11. The molecule has 0 radical (unpaired) electrons. The second kappa shape index (κ2) is 5.83. The molecule has 19 heavy (non-hydrogen) atoms. The molecule has 0 aliphatic rings. The Morgan fingerprint density at radius 1 is 1.16 bits per heavy atom. The fourth-order valence-electron chi connectivity index (χ4n) is 2.24. The average Bonchev–Trinajstić information content (AvgIpc) is 2.36. The van der Waals surface area contributed by atoms with Crippen LogP contribution in [0.3, 0.4) is 0 Å². The van der Waals surface area contributed by atoms with Crippen molar-refractivity contribution >= 4 is 5.69 Å². The Labute approximate surface area is 113 Å². The minimum Gasteiger partial charge on any atom is -0.377 e. The Hall–Kier alpha value is -1.90. The number of aromatic nitrogens is 1. The normalized spacial score (nSPS) is 12.2. The minimum atomic E-state index is -0.301. The zero-order valence-corrected chi connectivity index (χ0v) is 11.6. The van der Waals surface area contributed by atoms with Crippen LogP contribution in [0.5, 0.6) is 0 Å². The van der Waals surface area contributed by atoms with Gasteiger partial charge >= 0.3 is 0 Å². The third-order valence-corrected chi connectivity index (χ3v) is 3.08. The highest BCUT2D eigenvalue weighted by atomic mass is 19.1. The summed E-state index contributed by atoms with van der Waals surface area (Å²) in [4.78, 5) is 4.15. The van der Waals surface area contributed by atoms with E-state index in [0.717, 1.165) is 17.8 Å². The third kappa shape index (κ3) is 3.53. The number of benzene rings is 1. The van der Waals surface area contributed by atoms with Crippen LogP contribution in [0.2, 0.25) is 0 Å². The van der Waals surface area contributed by atoms with Crippen molar-refractivity contribution in [3.05, 3.63) is 59.2 Å². The molecule has 2 nitrogen and oxygen atoms in total. The number of hydrogen-bond acceptors (Lipinski definition) is 2. The van der Waals surface area contributed by atoms with E-state index in [1.54, 1.807) is 6.07 Å². The Morgan fingerprint density at radius 3 is 2.37 bits per heavy atom. The van der Waals surface area contributed by atoms with Gasteiger partial charge in [-0.1, -0.05) is 13.0 Å². The number of halogens is 1. The van der Waals surface area contributed by atoms with Gasteiger partial charge in [-0.3, -0.25) is 4.98 Å². The summed E-state index contributed by atoms with van der Waals surface area (Å²) in [7, 11) is 0. The van der Waals surface area contributed by atoms with Crippen molar-refractivity contribution < 1.29 is 4.39 Å². The van der Waals surface area contributed by atoms with Gasteiger partial charge in [0.15, 0.2) is 0 Å². The molecule has 1 unspecified atom stereocenters. The molecule has 100 valence electrons. The van der Waals surface area contributed by atoms with Crippen LogP contribution in [0.4, 0.5) is 10.1 Å². The maximum absolute atomic E-state index is 12.9. The average molecular weight is 258 g/mol. The molecule has 1 aromatic heterocycles. The lowest BCUT2D eigenvalue weighted by molar-refractivity contribution is 0.614. The molecule has 1 aromatic carbocycles. The lowest BCUT2D eigenvalue weighted by atomic mass is 10.1. The van der Waals surface area contributed by atoms with E-state index < -0.39 is 0 Å². The molecule has 2 rings (SSSR count). The first-order valence-corrected chi connectivity index (χ1v) is 6.54. The van der Waals surface area contributed by atoms with Crippen LogP contribution in [0.15, 0.2) is 36.5 Å². The van der Waals surface area contributed by atoms with Gasteiger partial charge in [-0.05, 0) is 55.7 Å². The molecule has 3 heteroatoms. The SMILES string of the molecule is CCC(Nc1cc(C)cc(C)c1)c1ccc(F)cn1. The van der Waals surface area contributed by atoms with Crippen LogP contribution in [0, 0.1) is 19.7 Å². The van der Waals surface area contributed by atoms with Gasteiger partial charge in [0, 0.05) is 5.69 Å². The van der Waals surface area contributed by atoms with E-state index in [1.165, 1.54) is 23.4 Å². The van der Waals surface area contributed by atoms with E-state index in [1.807, 2.05) is 0 Å². The predicted molar refractivity (Wildman–Crippen MR) is 76.8 cm³/mol. The van der Waals surface area contributed by atoms with Crippen molar-refractivity contribution in [2.75, 3.05) is 5.32 Å². The maximum atomic E-state index is 12.9. The van der Waals surface area contributed by atoms with E-state index >= 15 is 0 Å². The minimum absolute atomic E-state index is 0.0989. The standard InChI is InChI=1S/C16H19FN2/c1-4-15(16-6-5-13(17)10-18-16)19-14-8-11(2)7-12(3)9-14/h5-10,15,19H,4H2,1-3H3. The van der Waals surface area contributed by atoms with Crippen molar-refractivity contribution in [1.82, 2.24) is 4.98 Å². The highest BCUT2D eigenvalue weighted by Crippen LogP contribution is 2.22. The van der Waals surface area contributed by atoms with Crippen LogP contribution in [-0.4, -0.2) is 4.98 Å². The van der Waals surface area contributed by atoms with Gasteiger partial charge in [-0.25, -0.2) is 4.39 Å². The zero-order chi connectivity index (χ0) is 13.8. The van der Waals surface area contributed by atoms with Gasteiger partial charge in [0.2, 0.25) is 0 Å². The molecule has 0 amide bonds. The summed E-state index contributed by atoms with van der Waals surface area (Å²) < 4.78 is 12.9. The summed E-state index contributed by atoms with van der Waals surface area (Å²) in [5.41, 5.74) is 4.40. The van der Waals surface area contributed by atoms with Gasteiger partial charge in [0.1, 0.15) is 5.82 Å². The number of nitrogens with one attached hydrogen (secondary N) is 1. The van der Waals surface area contributed by atoms with E-state index in [0.29, 0.717) is 0 Å². The number of pyridine rings is 1. The second-order valence-corrected chi connectivity index (χ2v) is 4.88. The van der Waals surface area contributed by atoms with Crippen molar-refractivity contribution in [2.24, 2.45) is 0 Å². The van der Waals surface area contributed by atoms with Crippen LogP contribution in [-0.2, 0) is 0 Å². The number of aryl methyl sites for hydroxylation is 2. The van der Waals surface area contributed by atoms with E-state index in [9.17, 15) is 4.39 Å². The predicted octanol–water partition coefficient (Wildman–Crippen LogP) is 4.40. The first kappa shape index (κ1) is 13.5. The van der Waals surface area contributed by atoms with Crippen LogP contribution < -0.4 is 5.32 Å². The third-order valence-electron chi connectivity index (χ3n) is 3.08. The lowest BCUT2D eigenvalue weighted by Gasteiger charge is -2.18. The van der Waals surface area contributed by atoms with E-state index in [2.05, 4.69) is 49.3 Å². The number of rotatable bonds is 4. The molecule has 0 aliphatic carbocycles. The first-order chi connectivity index (χ1) is 9.08. The van der Waals surface area contributed by atoms with Crippen LogP contribution in [0.25, 0.3) is 0 Å². The molecule has 1 N–H and O–H groups in total. The Kier molecular flexibility index (Phi) is 4.15. The summed E-state index contributed by atoms with van der Waals surface area (Å²) in [5.74, 6) is -0.301. The summed E-state index contributed by atoms with van der Waals surface area (Å²) in [6.45, 7) is 6.25. The molecule has 0 saturated heterocycles. The number of anilines is 1. The quantitative estimate of drug-likeness (QED) is 0.879. The Morgan fingerprint density at radius 2 is 1.84 bits per heavy atom. The van der Waals surface area contributed by atoms with E-state index in [-0.39, 0.29) is 11.9 Å². The van der Waals surface area contributed by atoms with Crippen LogP contribution >= 0.6 is 0 Å². The summed E-state index contributed by atoms with van der Waals surface area (Å²) in [5, 5.41) is 3.46. The largest absolute Gasteiger partial charge is 0.377 e. The highest BCUT2D eigenvalue weighted by molar-refractivity contribution is 5.49. The molecule has 0 fully saturated rings. The molecular formula is C16H19FN2. The van der Waals surface area contributed by atoms with Gasteiger partial charge in [-0.2, -0.15) is 0 Å². The van der Waals surface area contributed by atoms with E-state index in [4.69, 9.17) is 0 Å². The molecule has 0 spiro atoms.